The first kappa shape index (κ1) is 29.2. The number of aromatic nitrogens is 1. The summed E-state index contributed by atoms with van der Waals surface area (Å²) in [6.45, 7) is 0. The van der Waals surface area contributed by atoms with Gasteiger partial charge in [0.1, 0.15) is 27.8 Å². The first-order chi connectivity index (χ1) is 26.7. The lowest BCUT2D eigenvalue weighted by Gasteiger charge is -2.25. The fourth-order valence-electron chi connectivity index (χ4n) is 8.25. The van der Waals surface area contributed by atoms with E-state index in [2.05, 4.69) is 150 Å². The topological polar surface area (TPSA) is 55.6 Å². The molecular weight excluding hydrogens is 665 g/mol. The average molecular weight is 693 g/mol. The summed E-state index contributed by atoms with van der Waals surface area (Å²) in [6, 6.07) is 59.2. The number of benzene rings is 9. The molecule has 12 aromatic rings. The van der Waals surface area contributed by atoms with Crippen LogP contribution in [0.1, 0.15) is 0 Å². The van der Waals surface area contributed by atoms with Gasteiger partial charge in [-0.3, -0.25) is 0 Å². The largest absolute Gasteiger partial charge is 0.456 e. The highest BCUT2D eigenvalue weighted by atomic mass is 16.4. The molecule has 0 saturated carbocycles. The van der Waals surface area contributed by atoms with Crippen LogP contribution in [0.25, 0.3) is 98.7 Å². The zero-order chi connectivity index (χ0) is 35.3. The van der Waals surface area contributed by atoms with E-state index >= 15 is 0 Å². The fraction of sp³-hybridized carbons (Fsp3) is 0. The molecule has 252 valence electrons. The number of rotatable bonds is 4. The van der Waals surface area contributed by atoms with Crippen LogP contribution in [0, 0.1) is 0 Å². The summed E-state index contributed by atoms with van der Waals surface area (Å²) < 4.78 is 19.7. The highest BCUT2D eigenvalue weighted by molar-refractivity contribution is 6.16. The van der Waals surface area contributed by atoms with Crippen molar-refractivity contribution in [2.75, 3.05) is 4.90 Å². The fourth-order valence-corrected chi connectivity index (χ4v) is 8.25. The molecular formula is C49H28N2O3. The third-order valence-corrected chi connectivity index (χ3v) is 10.8. The minimum absolute atomic E-state index is 0.572. The van der Waals surface area contributed by atoms with Gasteiger partial charge in [0, 0.05) is 61.7 Å². The predicted molar refractivity (Wildman–Crippen MR) is 221 cm³/mol. The molecule has 0 N–H and O–H groups in total. The third-order valence-electron chi connectivity index (χ3n) is 10.8. The van der Waals surface area contributed by atoms with Gasteiger partial charge in [-0.1, -0.05) is 91.0 Å². The van der Waals surface area contributed by atoms with Gasteiger partial charge in [0.05, 0.1) is 0 Å². The van der Waals surface area contributed by atoms with Crippen LogP contribution in [0.5, 0.6) is 0 Å². The van der Waals surface area contributed by atoms with E-state index in [0.717, 1.165) is 105 Å². The monoisotopic (exact) mass is 692 g/mol. The van der Waals surface area contributed by atoms with Gasteiger partial charge in [0.2, 0.25) is 5.89 Å². The minimum Gasteiger partial charge on any atom is -0.456 e. The van der Waals surface area contributed by atoms with E-state index in [0.29, 0.717) is 5.89 Å². The van der Waals surface area contributed by atoms with Crippen molar-refractivity contribution in [2.45, 2.75) is 0 Å². The van der Waals surface area contributed by atoms with Crippen LogP contribution in [-0.4, -0.2) is 4.98 Å². The van der Waals surface area contributed by atoms with Crippen LogP contribution in [0.3, 0.4) is 0 Å². The average Bonchev–Trinajstić information content (AvgIpc) is 3.92. The smallest absolute Gasteiger partial charge is 0.228 e. The summed E-state index contributed by atoms with van der Waals surface area (Å²) in [4.78, 5) is 7.23. The van der Waals surface area contributed by atoms with E-state index in [1.807, 2.05) is 24.3 Å². The van der Waals surface area contributed by atoms with E-state index in [9.17, 15) is 0 Å². The molecule has 5 nitrogen and oxygen atoms in total. The summed E-state index contributed by atoms with van der Waals surface area (Å²) >= 11 is 0. The number of oxazole rings is 1. The van der Waals surface area contributed by atoms with Gasteiger partial charge in [-0.05, 0) is 93.7 Å². The molecule has 0 aliphatic heterocycles. The SMILES string of the molecule is c1ccc2cc(N(c3ccc4c(c3)oc3c5ccccc5ccc43)c3ccc4c(c3)oc3cccc(-c5nc6cc7ccccc7cc6o5)c34)ccc2c1. The maximum Gasteiger partial charge on any atom is 0.228 e. The van der Waals surface area contributed by atoms with Gasteiger partial charge in [0.25, 0.3) is 0 Å². The number of anilines is 3. The molecule has 3 aromatic heterocycles. The zero-order valence-corrected chi connectivity index (χ0v) is 28.8. The van der Waals surface area contributed by atoms with E-state index in [-0.39, 0.29) is 0 Å². The van der Waals surface area contributed by atoms with Crippen molar-refractivity contribution in [3.8, 4) is 11.5 Å². The first-order valence-electron chi connectivity index (χ1n) is 18.1. The molecule has 54 heavy (non-hydrogen) atoms. The van der Waals surface area contributed by atoms with Crippen molar-refractivity contribution in [3.05, 3.63) is 170 Å². The van der Waals surface area contributed by atoms with Gasteiger partial charge < -0.3 is 18.2 Å². The van der Waals surface area contributed by atoms with Crippen molar-refractivity contribution in [3.63, 3.8) is 0 Å². The molecule has 0 amide bonds. The lowest BCUT2D eigenvalue weighted by atomic mass is 10.0. The quantitative estimate of drug-likeness (QED) is 0.184. The predicted octanol–water partition coefficient (Wildman–Crippen LogP) is 14.2. The Hall–Kier alpha value is -7.37. The van der Waals surface area contributed by atoms with Crippen molar-refractivity contribution in [2.24, 2.45) is 0 Å². The Balaban J connectivity index is 1.04. The van der Waals surface area contributed by atoms with Gasteiger partial charge in [0.15, 0.2) is 5.58 Å². The Morgan fingerprint density at radius 1 is 0.370 bits per heavy atom. The molecule has 0 unspecified atom stereocenters. The van der Waals surface area contributed by atoms with E-state index in [4.69, 9.17) is 18.2 Å². The van der Waals surface area contributed by atoms with E-state index in [1.54, 1.807) is 0 Å². The van der Waals surface area contributed by atoms with Gasteiger partial charge in [-0.25, -0.2) is 4.98 Å². The van der Waals surface area contributed by atoms with Crippen LogP contribution >= 0.6 is 0 Å². The van der Waals surface area contributed by atoms with Crippen LogP contribution in [0.2, 0.25) is 0 Å². The molecule has 3 heterocycles. The minimum atomic E-state index is 0.572. The van der Waals surface area contributed by atoms with Crippen molar-refractivity contribution in [1.29, 1.82) is 0 Å². The Morgan fingerprint density at radius 2 is 1.00 bits per heavy atom. The molecule has 0 radical (unpaired) electrons. The van der Waals surface area contributed by atoms with Crippen molar-refractivity contribution < 1.29 is 13.3 Å². The van der Waals surface area contributed by atoms with Crippen LogP contribution in [0.4, 0.5) is 17.1 Å². The number of furan rings is 2. The first-order valence-corrected chi connectivity index (χ1v) is 18.1. The molecule has 5 heteroatoms. The van der Waals surface area contributed by atoms with Gasteiger partial charge in [-0.15, -0.1) is 0 Å². The standard InChI is InChI=1S/C49H28N2O3/c1-2-10-31-24-34(18-16-29(31)8-1)51(35-19-22-38-39-21-17-30-9-5-6-13-37(30)48(39)53-44(38)27-35)36-20-23-40-45(28-36)52-43-15-7-14-41(47(40)43)49-50-42-25-32-11-3-4-12-33(32)26-46(42)54-49/h1-28H. The maximum absolute atomic E-state index is 6.65. The highest BCUT2D eigenvalue weighted by Crippen LogP contribution is 2.44. The van der Waals surface area contributed by atoms with Gasteiger partial charge >= 0.3 is 0 Å². The molecule has 0 fully saturated rings. The lowest BCUT2D eigenvalue weighted by molar-refractivity contribution is 0.620. The summed E-state index contributed by atoms with van der Waals surface area (Å²) in [5.74, 6) is 0.572. The Bertz CT molecular complexity index is 3420. The maximum atomic E-state index is 6.65. The molecule has 0 spiro atoms. The normalized spacial score (nSPS) is 12.1. The summed E-state index contributed by atoms with van der Waals surface area (Å²) in [5, 5.41) is 11.0. The molecule has 0 aliphatic carbocycles. The summed E-state index contributed by atoms with van der Waals surface area (Å²) in [7, 11) is 0. The second kappa shape index (κ2) is 11.1. The lowest BCUT2D eigenvalue weighted by Crippen LogP contribution is -2.09. The molecule has 12 rings (SSSR count). The zero-order valence-electron chi connectivity index (χ0n) is 28.8. The Morgan fingerprint density at radius 3 is 1.83 bits per heavy atom. The van der Waals surface area contributed by atoms with Crippen LogP contribution in [0.15, 0.2) is 183 Å². The second-order valence-corrected chi connectivity index (χ2v) is 14.0. The number of fused-ring (bicyclic) bond motifs is 11. The van der Waals surface area contributed by atoms with Crippen LogP contribution < -0.4 is 4.90 Å². The summed E-state index contributed by atoms with van der Waals surface area (Å²) in [6.07, 6.45) is 0. The molecule has 0 bridgehead atoms. The molecule has 0 atom stereocenters. The van der Waals surface area contributed by atoms with E-state index < -0.39 is 0 Å². The number of hydrogen-bond donors (Lipinski definition) is 0. The van der Waals surface area contributed by atoms with E-state index in [1.165, 1.54) is 5.39 Å². The highest BCUT2D eigenvalue weighted by Gasteiger charge is 2.21. The molecule has 0 saturated heterocycles. The Labute approximate surface area is 307 Å². The van der Waals surface area contributed by atoms with Crippen molar-refractivity contribution in [1.82, 2.24) is 4.98 Å². The summed E-state index contributed by atoms with van der Waals surface area (Å²) in [5.41, 5.74) is 8.77. The second-order valence-electron chi connectivity index (χ2n) is 14.0. The van der Waals surface area contributed by atoms with Crippen molar-refractivity contribution >= 4 is 104 Å². The third kappa shape index (κ3) is 4.36. The van der Waals surface area contributed by atoms with Gasteiger partial charge in [-0.2, -0.15) is 0 Å². The number of nitrogens with zero attached hydrogens (tertiary/aromatic N) is 2. The Kier molecular flexibility index (Phi) is 5.99. The molecule has 9 aromatic carbocycles. The van der Waals surface area contributed by atoms with Crippen LogP contribution in [-0.2, 0) is 0 Å². The number of hydrogen-bond acceptors (Lipinski definition) is 5. The molecule has 0 aliphatic rings.